The molecular formula is C22H25ClN2O5. The number of fused-ring (bicyclic) bond motifs is 3. The number of benzene rings is 1. The van der Waals surface area contributed by atoms with Crippen LogP contribution in [0.1, 0.15) is 43.7 Å². The fourth-order valence-electron chi connectivity index (χ4n) is 4.18. The molecule has 30 heavy (non-hydrogen) atoms. The molecule has 7 nitrogen and oxygen atoms in total. The molecule has 0 bridgehead atoms. The summed E-state index contributed by atoms with van der Waals surface area (Å²) in [6.45, 7) is 3.54. The summed E-state index contributed by atoms with van der Waals surface area (Å²) in [6.07, 6.45) is 3.94. The van der Waals surface area contributed by atoms with Crippen LogP contribution >= 0.6 is 11.6 Å². The Morgan fingerprint density at radius 2 is 2.03 bits per heavy atom. The van der Waals surface area contributed by atoms with Crippen molar-refractivity contribution in [2.45, 2.75) is 51.6 Å². The Hall–Kier alpha value is -2.54. The number of halogens is 1. The van der Waals surface area contributed by atoms with Gasteiger partial charge in [0.05, 0.1) is 5.02 Å². The number of nitrogens with one attached hydrogen (secondary N) is 1. The maximum atomic E-state index is 12.4. The first kappa shape index (κ1) is 20.7. The summed E-state index contributed by atoms with van der Waals surface area (Å²) in [7, 11) is 0. The molecule has 0 radical (unpaired) electrons. The van der Waals surface area contributed by atoms with Crippen molar-refractivity contribution in [3.63, 3.8) is 0 Å². The molecular weight excluding hydrogens is 408 g/mol. The number of ether oxygens (including phenoxy) is 1. The van der Waals surface area contributed by atoms with Crippen LogP contribution in [0.2, 0.25) is 5.02 Å². The van der Waals surface area contributed by atoms with E-state index < -0.39 is 6.10 Å². The van der Waals surface area contributed by atoms with Crippen molar-refractivity contribution >= 4 is 34.4 Å². The van der Waals surface area contributed by atoms with Crippen LogP contribution in [0.5, 0.6) is 5.75 Å². The molecule has 1 atom stereocenters. The van der Waals surface area contributed by atoms with Gasteiger partial charge < -0.3 is 19.4 Å². The van der Waals surface area contributed by atoms with E-state index in [-0.39, 0.29) is 17.4 Å². The highest BCUT2D eigenvalue weighted by Gasteiger charge is 2.23. The number of carbonyl (C=O) groups excluding carboxylic acids is 2. The lowest BCUT2D eigenvalue weighted by atomic mass is 10.1. The van der Waals surface area contributed by atoms with Crippen LogP contribution in [0.15, 0.2) is 21.3 Å². The standard InChI is InChI=1S/C22H25ClN2O5/c1-13(21(27)24-8-4-10-25-9-3-7-20(25)26)29-19-12-18-16(11-17(19)23)14-5-2-6-15(14)22(28)30-18/h11-13H,2-10H2,1H3,(H,24,27)/t13-/m0/s1. The molecule has 2 amide bonds. The second-order valence-electron chi connectivity index (χ2n) is 7.87. The SMILES string of the molecule is C[C@H](Oc1cc2oc(=O)c3c(c2cc1Cl)CCC3)C(=O)NCCCN1CCCC1=O. The van der Waals surface area contributed by atoms with E-state index in [1.165, 1.54) is 0 Å². The third-order valence-corrected chi connectivity index (χ3v) is 6.07. The van der Waals surface area contributed by atoms with Gasteiger partial charge in [-0.25, -0.2) is 4.79 Å². The van der Waals surface area contributed by atoms with E-state index >= 15 is 0 Å². The van der Waals surface area contributed by atoms with Crippen LogP contribution in [0.25, 0.3) is 11.0 Å². The lowest BCUT2D eigenvalue weighted by Gasteiger charge is -2.18. The average molecular weight is 433 g/mol. The van der Waals surface area contributed by atoms with Gasteiger partial charge in [-0.1, -0.05) is 11.6 Å². The smallest absolute Gasteiger partial charge is 0.339 e. The zero-order valence-electron chi connectivity index (χ0n) is 17.0. The highest BCUT2D eigenvalue weighted by Crippen LogP contribution is 2.35. The molecule has 0 spiro atoms. The Bertz CT molecular complexity index is 1050. The molecule has 2 heterocycles. The fraction of sp³-hybridized carbons (Fsp3) is 0.500. The van der Waals surface area contributed by atoms with Gasteiger partial charge in [-0.2, -0.15) is 0 Å². The van der Waals surface area contributed by atoms with E-state index in [0.717, 1.165) is 48.7 Å². The third-order valence-electron chi connectivity index (χ3n) is 5.77. The minimum Gasteiger partial charge on any atom is -0.479 e. The number of nitrogens with zero attached hydrogens (tertiary/aromatic N) is 1. The Morgan fingerprint density at radius 1 is 1.23 bits per heavy atom. The average Bonchev–Trinajstić information content (AvgIpc) is 3.36. The first-order valence-corrected chi connectivity index (χ1v) is 10.8. The van der Waals surface area contributed by atoms with Crippen molar-refractivity contribution < 1.29 is 18.7 Å². The Labute approximate surface area is 179 Å². The van der Waals surface area contributed by atoms with Gasteiger partial charge in [0.2, 0.25) is 5.91 Å². The Balaban J connectivity index is 1.37. The van der Waals surface area contributed by atoms with Gasteiger partial charge in [-0.3, -0.25) is 9.59 Å². The molecule has 160 valence electrons. The molecule has 2 aromatic rings. The number of carbonyl (C=O) groups is 2. The van der Waals surface area contributed by atoms with Crippen LogP contribution in [-0.4, -0.2) is 42.5 Å². The van der Waals surface area contributed by atoms with E-state index in [1.807, 2.05) is 4.90 Å². The second-order valence-corrected chi connectivity index (χ2v) is 8.28. The molecule has 2 aliphatic rings. The minimum atomic E-state index is -0.769. The molecule has 1 aromatic carbocycles. The number of hydrogen-bond donors (Lipinski definition) is 1. The minimum absolute atomic E-state index is 0.182. The van der Waals surface area contributed by atoms with Crippen LogP contribution in [-0.2, 0) is 22.4 Å². The quantitative estimate of drug-likeness (QED) is 0.536. The van der Waals surface area contributed by atoms with Gasteiger partial charge in [0.1, 0.15) is 11.3 Å². The molecule has 1 saturated heterocycles. The lowest BCUT2D eigenvalue weighted by Crippen LogP contribution is -2.38. The highest BCUT2D eigenvalue weighted by molar-refractivity contribution is 6.32. The summed E-state index contributed by atoms with van der Waals surface area (Å²) in [5.74, 6) is 0.214. The van der Waals surface area contributed by atoms with Crippen molar-refractivity contribution in [2.24, 2.45) is 0 Å². The van der Waals surface area contributed by atoms with Crippen molar-refractivity contribution in [2.75, 3.05) is 19.6 Å². The predicted molar refractivity (Wildman–Crippen MR) is 113 cm³/mol. The third kappa shape index (κ3) is 4.17. The summed E-state index contributed by atoms with van der Waals surface area (Å²) in [4.78, 5) is 38.0. The Kier molecular flexibility index (Phi) is 5.99. The van der Waals surface area contributed by atoms with Crippen molar-refractivity contribution in [1.29, 1.82) is 0 Å². The predicted octanol–water partition coefficient (Wildman–Crippen LogP) is 2.83. The molecule has 1 aliphatic carbocycles. The molecule has 0 unspecified atom stereocenters. The zero-order valence-corrected chi connectivity index (χ0v) is 17.7. The summed E-state index contributed by atoms with van der Waals surface area (Å²) >= 11 is 6.39. The van der Waals surface area contributed by atoms with Crippen LogP contribution in [0.3, 0.4) is 0 Å². The number of aryl methyl sites for hydroxylation is 1. The van der Waals surface area contributed by atoms with Gasteiger partial charge >= 0.3 is 5.63 Å². The summed E-state index contributed by atoms with van der Waals surface area (Å²) in [6, 6.07) is 3.33. The Morgan fingerprint density at radius 3 is 2.80 bits per heavy atom. The van der Waals surface area contributed by atoms with Crippen LogP contribution < -0.4 is 15.7 Å². The number of amides is 2. The lowest BCUT2D eigenvalue weighted by molar-refractivity contribution is -0.127. The maximum absolute atomic E-state index is 12.4. The summed E-state index contributed by atoms with van der Waals surface area (Å²) in [5, 5.41) is 4.02. The van der Waals surface area contributed by atoms with E-state index in [2.05, 4.69) is 5.32 Å². The van der Waals surface area contributed by atoms with Crippen molar-refractivity contribution in [3.05, 3.63) is 38.7 Å². The molecule has 4 rings (SSSR count). The molecule has 1 N–H and O–H groups in total. The van der Waals surface area contributed by atoms with E-state index in [9.17, 15) is 14.4 Å². The first-order chi connectivity index (χ1) is 14.4. The van der Waals surface area contributed by atoms with E-state index in [1.54, 1.807) is 19.1 Å². The highest BCUT2D eigenvalue weighted by atomic mass is 35.5. The van der Waals surface area contributed by atoms with Crippen molar-refractivity contribution in [3.8, 4) is 5.75 Å². The number of hydrogen-bond acceptors (Lipinski definition) is 5. The first-order valence-electron chi connectivity index (χ1n) is 10.4. The van der Waals surface area contributed by atoms with Gasteiger partial charge in [0.25, 0.3) is 5.91 Å². The van der Waals surface area contributed by atoms with Crippen molar-refractivity contribution in [1.82, 2.24) is 10.2 Å². The van der Waals surface area contributed by atoms with Gasteiger partial charge in [-0.15, -0.1) is 0 Å². The van der Waals surface area contributed by atoms with E-state index in [0.29, 0.717) is 42.3 Å². The van der Waals surface area contributed by atoms with Crippen LogP contribution in [0, 0.1) is 0 Å². The normalized spacial score (nSPS) is 16.7. The van der Waals surface area contributed by atoms with Crippen LogP contribution in [0.4, 0.5) is 0 Å². The number of likely N-dealkylation sites (tertiary alicyclic amines) is 1. The molecule has 1 aromatic heterocycles. The monoisotopic (exact) mass is 432 g/mol. The van der Waals surface area contributed by atoms with E-state index in [4.69, 9.17) is 20.8 Å². The molecule has 1 aliphatic heterocycles. The zero-order chi connectivity index (χ0) is 21.3. The van der Waals surface area contributed by atoms with Gasteiger partial charge in [0, 0.05) is 43.1 Å². The summed E-state index contributed by atoms with van der Waals surface area (Å²) < 4.78 is 11.2. The van der Waals surface area contributed by atoms with Gasteiger partial charge in [0.15, 0.2) is 6.10 Å². The molecule has 1 fully saturated rings. The number of rotatable bonds is 7. The second kappa shape index (κ2) is 8.68. The fourth-order valence-corrected chi connectivity index (χ4v) is 4.39. The van der Waals surface area contributed by atoms with Gasteiger partial charge in [-0.05, 0) is 50.7 Å². The molecule has 0 saturated carbocycles. The summed E-state index contributed by atoms with van der Waals surface area (Å²) in [5.41, 5.74) is 1.83. The molecule has 8 heteroatoms. The maximum Gasteiger partial charge on any atom is 0.339 e. The topological polar surface area (TPSA) is 88.8 Å². The largest absolute Gasteiger partial charge is 0.479 e.